The first-order valence-electron chi connectivity index (χ1n) is 7.39. The highest BCUT2D eigenvalue weighted by Gasteiger charge is 2.21. The standard InChI is InChI=1S/C19H14O4S/c1-23-18-11-10-16-15-7-6-12-4-2-3-5-13(12)14(15)8-9-17(16)19(18)24(20,21)22/h2-11H,1H3,(H,20,21,22). The van der Waals surface area contributed by atoms with Crippen molar-refractivity contribution in [3.8, 4) is 5.75 Å². The monoisotopic (exact) mass is 338 g/mol. The van der Waals surface area contributed by atoms with E-state index in [9.17, 15) is 13.0 Å². The Morgan fingerprint density at radius 2 is 1.33 bits per heavy atom. The van der Waals surface area contributed by atoms with Crippen LogP contribution < -0.4 is 4.74 Å². The van der Waals surface area contributed by atoms with E-state index >= 15 is 0 Å². The molecule has 4 aromatic carbocycles. The van der Waals surface area contributed by atoms with E-state index in [0.717, 1.165) is 26.9 Å². The summed E-state index contributed by atoms with van der Waals surface area (Å²) in [6.45, 7) is 0. The molecule has 0 radical (unpaired) electrons. The van der Waals surface area contributed by atoms with Crippen molar-refractivity contribution < 1.29 is 17.7 Å². The van der Waals surface area contributed by atoms with E-state index in [1.807, 2.05) is 48.5 Å². The highest BCUT2D eigenvalue weighted by Crippen LogP contribution is 2.37. The number of benzene rings is 4. The Labute approximate surface area is 139 Å². The normalized spacial score (nSPS) is 12.1. The molecule has 5 heteroatoms. The van der Waals surface area contributed by atoms with Crippen molar-refractivity contribution in [3.05, 3.63) is 60.7 Å². The molecular weight excluding hydrogens is 324 g/mol. The summed E-state index contributed by atoms with van der Waals surface area (Å²) in [7, 11) is -3.03. The zero-order valence-corrected chi connectivity index (χ0v) is 13.7. The fourth-order valence-corrected chi connectivity index (χ4v) is 4.14. The van der Waals surface area contributed by atoms with Crippen molar-refractivity contribution in [1.29, 1.82) is 0 Å². The first kappa shape index (κ1) is 14.9. The minimum atomic E-state index is -4.41. The number of rotatable bonds is 2. The summed E-state index contributed by atoms with van der Waals surface area (Å²) < 4.78 is 38.5. The van der Waals surface area contributed by atoms with Crippen molar-refractivity contribution in [2.45, 2.75) is 4.90 Å². The van der Waals surface area contributed by atoms with Crippen LogP contribution in [0.4, 0.5) is 0 Å². The van der Waals surface area contributed by atoms with Crippen LogP contribution in [-0.4, -0.2) is 20.1 Å². The Morgan fingerprint density at radius 3 is 2.08 bits per heavy atom. The first-order chi connectivity index (χ1) is 11.5. The third-order valence-corrected chi connectivity index (χ3v) is 5.25. The van der Waals surface area contributed by atoms with Gasteiger partial charge in [0.25, 0.3) is 10.1 Å². The van der Waals surface area contributed by atoms with Gasteiger partial charge >= 0.3 is 0 Å². The predicted octanol–water partition coefficient (Wildman–Crippen LogP) is 4.40. The molecule has 0 spiro atoms. The maximum absolute atomic E-state index is 11.9. The molecule has 0 unspecified atom stereocenters. The van der Waals surface area contributed by atoms with Crippen LogP contribution >= 0.6 is 0 Å². The summed E-state index contributed by atoms with van der Waals surface area (Å²) in [6.07, 6.45) is 0. The lowest BCUT2D eigenvalue weighted by molar-refractivity contribution is 0.399. The van der Waals surface area contributed by atoms with E-state index in [-0.39, 0.29) is 10.6 Å². The van der Waals surface area contributed by atoms with Gasteiger partial charge in [0.15, 0.2) is 0 Å². The van der Waals surface area contributed by atoms with Crippen molar-refractivity contribution in [1.82, 2.24) is 0 Å². The van der Waals surface area contributed by atoms with E-state index in [1.54, 1.807) is 12.1 Å². The summed E-state index contributed by atoms with van der Waals surface area (Å²) in [5.74, 6) is 0.130. The van der Waals surface area contributed by atoms with Crippen LogP contribution in [0.3, 0.4) is 0 Å². The molecule has 0 aromatic heterocycles. The Morgan fingerprint density at radius 1 is 0.750 bits per heavy atom. The van der Waals surface area contributed by atoms with Crippen LogP contribution in [-0.2, 0) is 10.1 Å². The molecule has 0 aliphatic carbocycles. The van der Waals surface area contributed by atoms with Crippen LogP contribution in [0.25, 0.3) is 32.3 Å². The fraction of sp³-hybridized carbons (Fsp3) is 0.0526. The lowest BCUT2D eigenvalue weighted by Crippen LogP contribution is -2.02. The summed E-state index contributed by atoms with van der Waals surface area (Å²) in [4.78, 5) is -0.197. The topological polar surface area (TPSA) is 63.6 Å². The maximum Gasteiger partial charge on any atom is 0.298 e. The summed E-state index contributed by atoms with van der Waals surface area (Å²) in [6, 6.07) is 19.0. The first-order valence-corrected chi connectivity index (χ1v) is 8.83. The van der Waals surface area contributed by atoms with Gasteiger partial charge in [0.2, 0.25) is 0 Å². The van der Waals surface area contributed by atoms with Gasteiger partial charge in [0, 0.05) is 5.39 Å². The van der Waals surface area contributed by atoms with Crippen molar-refractivity contribution in [2.24, 2.45) is 0 Å². The molecule has 24 heavy (non-hydrogen) atoms. The van der Waals surface area contributed by atoms with E-state index in [4.69, 9.17) is 4.74 Å². The smallest absolute Gasteiger partial charge is 0.298 e. The quantitative estimate of drug-likeness (QED) is 0.434. The van der Waals surface area contributed by atoms with Gasteiger partial charge in [-0.05, 0) is 39.1 Å². The second-order valence-electron chi connectivity index (χ2n) is 5.61. The SMILES string of the molecule is COc1ccc2c(ccc3c4ccccc4ccc23)c1S(=O)(=O)O. The molecule has 4 rings (SSSR count). The molecule has 0 heterocycles. The second kappa shape index (κ2) is 5.19. The van der Waals surface area contributed by atoms with Gasteiger partial charge in [0.05, 0.1) is 7.11 Å². The van der Waals surface area contributed by atoms with Crippen molar-refractivity contribution >= 4 is 42.4 Å². The Balaban J connectivity index is 2.23. The summed E-state index contributed by atoms with van der Waals surface area (Å²) in [5, 5.41) is 5.38. The zero-order valence-electron chi connectivity index (χ0n) is 12.9. The number of methoxy groups -OCH3 is 1. The molecule has 0 fully saturated rings. The van der Waals surface area contributed by atoms with Crippen LogP contribution in [0.15, 0.2) is 65.6 Å². The van der Waals surface area contributed by atoms with Crippen molar-refractivity contribution in [3.63, 3.8) is 0 Å². The second-order valence-corrected chi connectivity index (χ2v) is 6.97. The molecular formula is C19H14O4S. The van der Waals surface area contributed by atoms with Crippen LogP contribution in [0.2, 0.25) is 0 Å². The maximum atomic E-state index is 11.9. The molecule has 0 saturated heterocycles. The van der Waals surface area contributed by atoms with Crippen LogP contribution in [0.1, 0.15) is 0 Å². The number of fused-ring (bicyclic) bond motifs is 5. The van der Waals surface area contributed by atoms with Crippen molar-refractivity contribution in [2.75, 3.05) is 7.11 Å². The van der Waals surface area contributed by atoms with E-state index in [2.05, 4.69) is 0 Å². The third-order valence-electron chi connectivity index (χ3n) is 4.32. The average Bonchev–Trinajstić information content (AvgIpc) is 2.59. The number of ether oxygens (including phenoxy) is 1. The number of hydrogen-bond donors (Lipinski definition) is 1. The Bertz CT molecular complexity index is 1210. The largest absolute Gasteiger partial charge is 0.495 e. The zero-order chi connectivity index (χ0) is 16.9. The minimum Gasteiger partial charge on any atom is -0.495 e. The molecule has 0 bridgehead atoms. The van der Waals surface area contributed by atoms with E-state index in [0.29, 0.717) is 5.39 Å². The minimum absolute atomic E-state index is 0.130. The van der Waals surface area contributed by atoms with Crippen LogP contribution in [0, 0.1) is 0 Å². The Kier molecular flexibility index (Phi) is 3.23. The summed E-state index contributed by atoms with van der Waals surface area (Å²) in [5.41, 5.74) is 0. The van der Waals surface area contributed by atoms with E-state index in [1.165, 1.54) is 7.11 Å². The predicted molar refractivity (Wildman–Crippen MR) is 95.3 cm³/mol. The molecule has 1 N–H and O–H groups in total. The molecule has 4 aromatic rings. The lowest BCUT2D eigenvalue weighted by Gasteiger charge is -2.12. The van der Waals surface area contributed by atoms with Gasteiger partial charge < -0.3 is 4.74 Å². The molecule has 120 valence electrons. The Hall–Kier alpha value is -2.63. The average molecular weight is 338 g/mol. The molecule has 0 saturated carbocycles. The molecule has 4 nitrogen and oxygen atoms in total. The molecule has 0 atom stereocenters. The lowest BCUT2D eigenvalue weighted by atomic mass is 9.97. The van der Waals surface area contributed by atoms with Gasteiger partial charge in [-0.2, -0.15) is 8.42 Å². The third kappa shape index (κ3) is 2.13. The molecule has 0 amide bonds. The number of hydrogen-bond acceptors (Lipinski definition) is 3. The van der Waals surface area contributed by atoms with Gasteiger partial charge in [-0.3, -0.25) is 4.55 Å². The van der Waals surface area contributed by atoms with Gasteiger partial charge in [-0.1, -0.05) is 48.5 Å². The van der Waals surface area contributed by atoms with Gasteiger partial charge in [0.1, 0.15) is 10.6 Å². The van der Waals surface area contributed by atoms with Gasteiger partial charge in [-0.15, -0.1) is 0 Å². The highest BCUT2D eigenvalue weighted by atomic mass is 32.2. The molecule has 0 aliphatic rings. The fourth-order valence-electron chi connectivity index (χ4n) is 3.28. The van der Waals surface area contributed by atoms with Gasteiger partial charge in [-0.25, -0.2) is 0 Å². The van der Waals surface area contributed by atoms with Crippen LogP contribution in [0.5, 0.6) is 5.75 Å². The highest BCUT2D eigenvalue weighted by molar-refractivity contribution is 7.86. The molecule has 0 aliphatic heterocycles. The summed E-state index contributed by atoms with van der Waals surface area (Å²) >= 11 is 0. The van der Waals surface area contributed by atoms with E-state index < -0.39 is 10.1 Å².